The van der Waals surface area contributed by atoms with Crippen LogP contribution in [0.1, 0.15) is 25.6 Å². The normalized spacial score (nSPS) is 12.5. The van der Waals surface area contributed by atoms with Gasteiger partial charge in [0, 0.05) is 6.20 Å². The maximum absolute atomic E-state index is 13.4. The minimum absolute atomic E-state index is 0.193. The van der Waals surface area contributed by atoms with E-state index in [0.717, 1.165) is 12.1 Å². The lowest BCUT2D eigenvalue weighted by molar-refractivity contribution is 0.538. The maximum atomic E-state index is 13.4. The van der Waals surface area contributed by atoms with E-state index in [1.54, 1.807) is 12.3 Å². The highest BCUT2D eigenvalue weighted by Crippen LogP contribution is 2.19. The summed E-state index contributed by atoms with van der Waals surface area (Å²) >= 11 is 0. The third kappa shape index (κ3) is 2.39. The Hall–Kier alpha value is -1.22. The van der Waals surface area contributed by atoms with Crippen LogP contribution < -0.4 is 5.32 Å². The molecule has 1 aromatic heterocycles. The van der Waals surface area contributed by atoms with E-state index in [4.69, 9.17) is 0 Å². The molecule has 1 N–H and O–H groups in total. The molecule has 0 aliphatic heterocycles. The number of nitrogens with one attached hydrogen (secondary N) is 1. The van der Waals surface area contributed by atoms with Crippen LogP contribution in [0.2, 0.25) is 0 Å². The summed E-state index contributed by atoms with van der Waals surface area (Å²) < 4.78 is 13.4. The first-order valence-electron chi connectivity index (χ1n) is 4.66. The first-order valence-corrected chi connectivity index (χ1v) is 4.66. The van der Waals surface area contributed by atoms with Crippen molar-refractivity contribution >= 4 is 0 Å². The number of pyridine rings is 1. The Bertz CT molecular complexity index is 323. The lowest BCUT2D eigenvalue weighted by atomic mass is 10.1. The van der Waals surface area contributed by atoms with Gasteiger partial charge >= 0.3 is 0 Å². The van der Waals surface area contributed by atoms with Crippen molar-refractivity contribution in [3.8, 4) is 0 Å². The van der Waals surface area contributed by atoms with Crippen LogP contribution in [-0.2, 0) is 0 Å². The highest BCUT2D eigenvalue weighted by Gasteiger charge is 2.15. The van der Waals surface area contributed by atoms with Gasteiger partial charge in [-0.05, 0) is 25.6 Å². The summed E-state index contributed by atoms with van der Waals surface area (Å²) in [4.78, 5) is 4.02. The van der Waals surface area contributed by atoms with E-state index in [2.05, 4.69) is 16.9 Å². The van der Waals surface area contributed by atoms with Gasteiger partial charge in [0.2, 0.25) is 0 Å². The van der Waals surface area contributed by atoms with Crippen LogP contribution in [0, 0.1) is 5.82 Å². The Morgan fingerprint density at radius 1 is 1.71 bits per heavy atom. The van der Waals surface area contributed by atoms with Crippen molar-refractivity contribution < 1.29 is 4.39 Å². The monoisotopic (exact) mass is 194 g/mol. The van der Waals surface area contributed by atoms with Crippen LogP contribution in [0.4, 0.5) is 4.39 Å². The fourth-order valence-corrected chi connectivity index (χ4v) is 1.32. The van der Waals surface area contributed by atoms with Gasteiger partial charge in [0.25, 0.3) is 0 Å². The molecule has 0 radical (unpaired) electrons. The lowest BCUT2D eigenvalue weighted by Gasteiger charge is -2.17. The quantitative estimate of drug-likeness (QED) is 0.745. The molecule has 0 fully saturated rings. The molecule has 0 aliphatic carbocycles. The molecule has 1 atom stereocenters. The minimum atomic E-state index is -0.290. The second-order valence-electron chi connectivity index (χ2n) is 3.21. The SMILES string of the molecule is C=C(C)C(NCC)c1ncccc1F. The molecule has 0 aliphatic rings. The Morgan fingerprint density at radius 3 is 2.93 bits per heavy atom. The molecule has 3 heteroatoms. The van der Waals surface area contributed by atoms with Crippen molar-refractivity contribution in [2.45, 2.75) is 19.9 Å². The standard InChI is InChI=1S/C11H15FN2/c1-4-13-10(8(2)3)11-9(12)6-5-7-14-11/h5-7,10,13H,2,4H2,1,3H3. The number of halogens is 1. The predicted octanol–water partition coefficient (Wildman–Crippen LogP) is 2.45. The van der Waals surface area contributed by atoms with Crippen molar-refractivity contribution in [3.63, 3.8) is 0 Å². The molecule has 0 saturated carbocycles. The van der Waals surface area contributed by atoms with Crippen molar-refractivity contribution in [3.05, 3.63) is 42.0 Å². The van der Waals surface area contributed by atoms with E-state index in [-0.39, 0.29) is 11.9 Å². The summed E-state index contributed by atoms with van der Waals surface area (Å²) in [6.45, 7) is 8.41. The van der Waals surface area contributed by atoms with Crippen LogP contribution in [-0.4, -0.2) is 11.5 Å². The number of hydrogen-bond donors (Lipinski definition) is 1. The molecule has 0 bridgehead atoms. The largest absolute Gasteiger partial charge is 0.305 e. The summed E-state index contributed by atoms with van der Waals surface area (Å²) in [6, 6.07) is 2.80. The van der Waals surface area contributed by atoms with E-state index in [1.165, 1.54) is 6.07 Å². The number of likely N-dealkylation sites (N-methyl/N-ethyl adjacent to an activating group) is 1. The molecule has 1 rings (SSSR count). The van der Waals surface area contributed by atoms with Gasteiger partial charge in [0.05, 0.1) is 11.7 Å². The Labute approximate surface area is 83.9 Å². The molecule has 0 saturated heterocycles. The smallest absolute Gasteiger partial charge is 0.146 e. The molecule has 1 heterocycles. The molecule has 0 amide bonds. The van der Waals surface area contributed by atoms with Gasteiger partial charge in [-0.2, -0.15) is 0 Å². The van der Waals surface area contributed by atoms with Crippen LogP contribution >= 0.6 is 0 Å². The highest BCUT2D eigenvalue weighted by molar-refractivity contribution is 5.20. The van der Waals surface area contributed by atoms with Crippen molar-refractivity contribution in [1.29, 1.82) is 0 Å². The number of aromatic nitrogens is 1. The van der Waals surface area contributed by atoms with Gasteiger partial charge in [0.1, 0.15) is 5.82 Å². The zero-order chi connectivity index (χ0) is 10.6. The second-order valence-corrected chi connectivity index (χ2v) is 3.21. The third-order valence-corrected chi connectivity index (χ3v) is 1.96. The summed E-state index contributed by atoms with van der Waals surface area (Å²) in [5.74, 6) is -0.290. The lowest BCUT2D eigenvalue weighted by Crippen LogP contribution is -2.23. The van der Waals surface area contributed by atoms with Crippen LogP contribution in [0.15, 0.2) is 30.5 Å². The molecule has 76 valence electrons. The molecule has 0 spiro atoms. The number of nitrogens with zero attached hydrogens (tertiary/aromatic N) is 1. The van der Waals surface area contributed by atoms with Crippen LogP contribution in [0.5, 0.6) is 0 Å². The van der Waals surface area contributed by atoms with E-state index >= 15 is 0 Å². The number of hydrogen-bond acceptors (Lipinski definition) is 2. The van der Waals surface area contributed by atoms with Gasteiger partial charge in [-0.15, -0.1) is 0 Å². The summed E-state index contributed by atoms with van der Waals surface area (Å²) in [5.41, 5.74) is 1.28. The highest BCUT2D eigenvalue weighted by atomic mass is 19.1. The van der Waals surface area contributed by atoms with Crippen molar-refractivity contribution in [2.24, 2.45) is 0 Å². The first kappa shape index (κ1) is 10.9. The minimum Gasteiger partial charge on any atom is -0.305 e. The van der Waals surface area contributed by atoms with E-state index in [1.807, 2.05) is 13.8 Å². The molecule has 1 unspecified atom stereocenters. The molecular formula is C11H15FN2. The van der Waals surface area contributed by atoms with Gasteiger partial charge in [-0.3, -0.25) is 4.98 Å². The molecule has 14 heavy (non-hydrogen) atoms. The van der Waals surface area contributed by atoms with Gasteiger partial charge in [0.15, 0.2) is 0 Å². The van der Waals surface area contributed by atoms with E-state index < -0.39 is 0 Å². The summed E-state index contributed by atoms with van der Waals surface area (Å²) in [6.07, 6.45) is 1.59. The average molecular weight is 194 g/mol. The predicted molar refractivity (Wildman–Crippen MR) is 55.4 cm³/mol. The topological polar surface area (TPSA) is 24.9 Å². The zero-order valence-electron chi connectivity index (χ0n) is 8.55. The van der Waals surface area contributed by atoms with Crippen LogP contribution in [0.3, 0.4) is 0 Å². The third-order valence-electron chi connectivity index (χ3n) is 1.96. The summed E-state index contributed by atoms with van der Waals surface area (Å²) in [5, 5.41) is 3.14. The first-order chi connectivity index (χ1) is 6.66. The maximum Gasteiger partial charge on any atom is 0.146 e. The van der Waals surface area contributed by atoms with Gasteiger partial charge in [-0.1, -0.05) is 19.1 Å². The fourth-order valence-electron chi connectivity index (χ4n) is 1.32. The molecule has 2 nitrogen and oxygen atoms in total. The van der Waals surface area contributed by atoms with E-state index in [0.29, 0.717) is 5.69 Å². The molecular weight excluding hydrogens is 179 g/mol. The Morgan fingerprint density at radius 2 is 2.43 bits per heavy atom. The van der Waals surface area contributed by atoms with Gasteiger partial charge in [-0.25, -0.2) is 4.39 Å². The summed E-state index contributed by atoms with van der Waals surface area (Å²) in [7, 11) is 0. The van der Waals surface area contributed by atoms with Crippen molar-refractivity contribution in [2.75, 3.05) is 6.54 Å². The Kier molecular flexibility index (Phi) is 3.77. The van der Waals surface area contributed by atoms with Crippen molar-refractivity contribution in [1.82, 2.24) is 10.3 Å². The van der Waals surface area contributed by atoms with Gasteiger partial charge < -0.3 is 5.32 Å². The number of rotatable bonds is 4. The molecule has 1 aromatic rings. The molecule has 0 aromatic carbocycles. The second kappa shape index (κ2) is 4.86. The Balaban J connectivity index is 2.99. The fraction of sp³-hybridized carbons (Fsp3) is 0.364. The van der Waals surface area contributed by atoms with Crippen LogP contribution in [0.25, 0.3) is 0 Å². The van der Waals surface area contributed by atoms with E-state index in [9.17, 15) is 4.39 Å². The zero-order valence-corrected chi connectivity index (χ0v) is 8.55. The average Bonchev–Trinajstić information content (AvgIpc) is 2.15.